The molecule has 0 aliphatic carbocycles. The molecular formula is C18H28O8. The molecule has 0 saturated carbocycles. The van der Waals surface area contributed by atoms with Gasteiger partial charge in [0, 0.05) is 24.3 Å². The second-order valence-corrected chi connectivity index (χ2v) is 4.76. The fourth-order valence-corrected chi connectivity index (χ4v) is 1.14. The van der Waals surface area contributed by atoms with Gasteiger partial charge in [0.25, 0.3) is 0 Å². The molecule has 0 aliphatic heterocycles. The first-order valence-electron chi connectivity index (χ1n) is 8.26. The highest BCUT2D eigenvalue weighted by Gasteiger charge is 2.00. The van der Waals surface area contributed by atoms with E-state index in [0.29, 0.717) is 13.2 Å². The molecule has 0 aliphatic rings. The molecule has 0 N–H and O–H groups in total. The molecule has 148 valence electrons. The number of methoxy groups -OCH3 is 2. The Kier molecular flexibility index (Phi) is 18.4. The molecule has 26 heavy (non-hydrogen) atoms. The van der Waals surface area contributed by atoms with E-state index in [0.717, 1.165) is 50.0 Å². The van der Waals surface area contributed by atoms with E-state index in [4.69, 9.17) is 9.47 Å². The van der Waals surface area contributed by atoms with Crippen LogP contribution in [0, 0.1) is 0 Å². The van der Waals surface area contributed by atoms with Gasteiger partial charge < -0.3 is 18.9 Å². The average molecular weight is 372 g/mol. The third-order valence-corrected chi connectivity index (χ3v) is 2.60. The zero-order valence-corrected chi connectivity index (χ0v) is 15.8. The number of hydrogen-bond acceptors (Lipinski definition) is 8. The minimum absolute atomic E-state index is 0.393. The van der Waals surface area contributed by atoms with E-state index in [9.17, 15) is 19.2 Å². The Morgan fingerprint density at radius 3 is 1.19 bits per heavy atom. The first-order valence-corrected chi connectivity index (χ1v) is 8.26. The van der Waals surface area contributed by atoms with Gasteiger partial charge in [-0.1, -0.05) is 26.7 Å². The van der Waals surface area contributed by atoms with Gasteiger partial charge >= 0.3 is 23.9 Å². The molecule has 0 rings (SSSR count). The molecule has 0 saturated heterocycles. The second kappa shape index (κ2) is 18.7. The molecule has 0 radical (unpaired) electrons. The standard InChI is InChI=1S/C12H20O4.C6H8O4/c1-3-5-9-15-11(13)7-8-12(14)16-10-6-4-2;1-9-5(7)3-4-6(8)10-2/h7-8H,3-6,9-10H2,1-2H3;3-4H,1-2H3/b8-7-;4-3-. The number of carbonyl (C=O) groups excluding carboxylic acids is 4. The molecule has 8 nitrogen and oxygen atoms in total. The van der Waals surface area contributed by atoms with Crippen LogP contribution in [0.25, 0.3) is 0 Å². The maximum atomic E-state index is 11.0. The maximum absolute atomic E-state index is 11.0. The van der Waals surface area contributed by atoms with Crippen molar-refractivity contribution in [3.63, 3.8) is 0 Å². The van der Waals surface area contributed by atoms with Crippen LogP contribution in [0.15, 0.2) is 24.3 Å². The normalized spacial score (nSPS) is 10.0. The van der Waals surface area contributed by atoms with Crippen LogP contribution in [0.4, 0.5) is 0 Å². The predicted octanol–water partition coefficient (Wildman–Crippen LogP) is 2.12. The Bertz CT molecular complexity index is 438. The van der Waals surface area contributed by atoms with Crippen LogP contribution >= 0.6 is 0 Å². The van der Waals surface area contributed by atoms with Crippen LogP contribution in [0.3, 0.4) is 0 Å². The number of esters is 4. The molecule has 0 spiro atoms. The van der Waals surface area contributed by atoms with Crippen molar-refractivity contribution >= 4 is 23.9 Å². The lowest BCUT2D eigenvalue weighted by Gasteiger charge is -2.00. The summed E-state index contributed by atoms with van der Waals surface area (Å²) in [7, 11) is 2.45. The predicted molar refractivity (Wildman–Crippen MR) is 94.0 cm³/mol. The van der Waals surface area contributed by atoms with E-state index in [1.807, 2.05) is 13.8 Å². The molecule has 0 aromatic rings. The topological polar surface area (TPSA) is 105 Å². The van der Waals surface area contributed by atoms with Crippen molar-refractivity contribution < 1.29 is 38.1 Å². The van der Waals surface area contributed by atoms with Crippen LogP contribution in [0.1, 0.15) is 39.5 Å². The van der Waals surface area contributed by atoms with Crippen LogP contribution in [0.5, 0.6) is 0 Å². The summed E-state index contributed by atoms with van der Waals surface area (Å²) in [5.74, 6) is -2.16. The first kappa shape index (κ1) is 25.6. The van der Waals surface area contributed by atoms with E-state index in [1.54, 1.807) is 0 Å². The molecule has 0 bridgehead atoms. The molecule has 0 unspecified atom stereocenters. The Morgan fingerprint density at radius 2 is 0.923 bits per heavy atom. The lowest BCUT2D eigenvalue weighted by atomic mass is 10.4. The van der Waals surface area contributed by atoms with Gasteiger partial charge in [0.05, 0.1) is 27.4 Å². The van der Waals surface area contributed by atoms with Crippen molar-refractivity contribution in [2.24, 2.45) is 0 Å². The average Bonchev–Trinajstić information content (AvgIpc) is 2.65. The smallest absolute Gasteiger partial charge is 0.331 e. The van der Waals surface area contributed by atoms with Gasteiger partial charge in [-0.3, -0.25) is 0 Å². The van der Waals surface area contributed by atoms with Gasteiger partial charge in [-0.15, -0.1) is 0 Å². The minimum atomic E-state index is -0.578. The SMILES string of the molecule is CCCCOC(=O)/C=C\C(=O)OCCCC.COC(=O)/C=C\C(=O)OC. The zero-order chi connectivity index (χ0) is 20.2. The number of unbranched alkanes of at least 4 members (excludes halogenated alkanes) is 2. The summed E-state index contributed by atoms with van der Waals surface area (Å²) in [5, 5.41) is 0. The molecule has 0 atom stereocenters. The summed E-state index contributed by atoms with van der Waals surface area (Å²) < 4.78 is 18.1. The summed E-state index contributed by atoms with van der Waals surface area (Å²) >= 11 is 0. The summed E-state index contributed by atoms with van der Waals surface area (Å²) in [4.78, 5) is 42.7. The quantitative estimate of drug-likeness (QED) is 0.248. The Labute approximate surface area is 154 Å². The molecular weight excluding hydrogens is 344 g/mol. The molecule has 0 aromatic heterocycles. The fraction of sp³-hybridized carbons (Fsp3) is 0.556. The first-order chi connectivity index (χ1) is 12.4. The van der Waals surface area contributed by atoms with E-state index < -0.39 is 23.9 Å². The van der Waals surface area contributed by atoms with Crippen molar-refractivity contribution in [3.8, 4) is 0 Å². The summed E-state index contributed by atoms with van der Waals surface area (Å²) in [5.41, 5.74) is 0. The molecule has 0 aromatic carbocycles. The fourth-order valence-electron chi connectivity index (χ4n) is 1.14. The summed E-state index contributed by atoms with van der Waals surface area (Å²) in [6, 6.07) is 0. The van der Waals surface area contributed by atoms with Gasteiger partial charge in [-0.25, -0.2) is 19.2 Å². The largest absolute Gasteiger partial charge is 0.466 e. The monoisotopic (exact) mass is 372 g/mol. The maximum Gasteiger partial charge on any atom is 0.331 e. The van der Waals surface area contributed by atoms with Gasteiger partial charge in [0.15, 0.2) is 0 Å². The third kappa shape index (κ3) is 19.4. The summed E-state index contributed by atoms with van der Waals surface area (Å²) in [6.07, 6.45) is 7.79. The number of hydrogen-bond donors (Lipinski definition) is 0. The van der Waals surface area contributed by atoms with Crippen molar-refractivity contribution in [2.45, 2.75) is 39.5 Å². The Hall–Kier alpha value is -2.64. The van der Waals surface area contributed by atoms with Crippen molar-refractivity contribution in [3.05, 3.63) is 24.3 Å². The number of carbonyl (C=O) groups is 4. The lowest BCUT2D eigenvalue weighted by Crippen LogP contribution is -2.05. The Morgan fingerprint density at radius 1 is 0.615 bits per heavy atom. The van der Waals surface area contributed by atoms with Crippen molar-refractivity contribution in [1.29, 1.82) is 0 Å². The van der Waals surface area contributed by atoms with E-state index >= 15 is 0 Å². The van der Waals surface area contributed by atoms with E-state index in [2.05, 4.69) is 9.47 Å². The highest BCUT2D eigenvalue weighted by molar-refractivity contribution is 5.92. The molecule has 8 heteroatoms. The highest BCUT2D eigenvalue weighted by atomic mass is 16.5. The van der Waals surface area contributed by atoms with Crippen LogP contribution in [-0.2, 0) is 38.1 Å². The van der Waals surface area contributed by atoms with Crippen LogP contribution in [0.2, 0.25) is 0 Å². The number of rotatable bonds is 10. The second-order valence-electron chi connectivity index (χ2n) is 4.76. The summed E-state index contributed by atoms with van der Waals surface area (Å²) in [6.45, 7) is 4.80. The van der Waals surface area contributed by atoms with Crippen molar-refractivity contribution in [2.75, 3.05) is 27.4 Å². The van der Waals surface area contributed by atoms with E-state index in [1.165, 1.54) is 14.2 Å². The van der Waals surface area contributed by atoms with Gasteiger partial charge in [-0.05, 0) is 12.8 Å². The molecule has 0 amide bonds. The van der Waals surface area contributed by atoms with E-state index in [-0.39, 0.29) is 0 Å². The van der Waals surface area contributed by atoms with Crippen LogP contribution in [-0.4, -0.2) is 51.3 Å². The molecule has 0 heterocycles. The zero-order valence-electron chi connectivity index (χ0n) is 15.8. The third-order valence-electron chi connectivity index (χ3n) is 2.60. The number of ether oxygens (including phenoxy) is 4. The molecule has 0 fully saturated rings. The lowest BCUT2D eigenvalue weighted by molar-refractivity contribution is -0.140. The van der Waals surface area contributed by atoms with Gasteiger partial charge in [0.1, 0.15) is 0 Å². The Balaban J connectivity index is 0. The van der Waals surface area contributed by atoms with Gasteiger partial charge in [0.2, 0.25) is 0 Å². The van der Waals surface area contributed by atoms with Crippen molar-refractivity contribution in [1.82, 2.24) is 0 Å². The van der Waals surface area contributed by atoms with Gasteiger partial charge in [-0.2, -0.15) is 0 Å². The minimum Gasteiger partial charge on any atom is -0.466 e. The van der Waals surface area contributed by atoms with Crippen LogP contribution < -0.4 is 0 Å². The highest BCUT2D eigenvalue weighted by Crippen LogP contribution is 1.92.